The van der Waals surface area contributed by atoms with Gasteiger partial charge in [0.25, 0.3) is 0 Å². The lowest BCUT2D eigenvalue weighted by atomic mass is 9.78. The van der Waals surface area contributed by atoms with E-state index in [0.29, 0.717) is 31.4 Å². The maximum absolute atomic E-state index is 12.5. The van der Waals surface area contributed by atoms with Crippen LogP contribution in [-0.4, -0.2) is 19.0 Å². The minimum atomic E-state index is -0.209. The van der Waals surface area contributed by atoms with Gasteiger partial charge in [-0.15, -0.1) is 0 Å². The Morgan fingerprint density at radius 2 is 1.24 bits per heavy atom. The van der Waals surface area contributed by atoms with E-state index in [9.17, 15) is 9.59 Å². The number of benzene rings is 2. The summed E-state index contributed by atoms with van der Waals surface area (Å²) in [7, 11) is 1.41. The average Bonchev–Trinajstić information content (AvgIpc) is 2.74. The molecule has 2 aromatic carbocycles. The largest absolute Gasteiger partial charge is 0.469 e. The summed E-state index contributed by atoms with van der Waals surface area (Å²) in [6, 6.07) is 16.4. The lowest BCUT2D eigenvalue weighted by Crippen LogP contribution is -2.29. The second-order valence-corrected chi connectivity index (χ2v) is 8.51. The van der Waals surface area contributed by atoms with E-state index < -0.39 is 0 Å². The number of hydrogen-bond donors (Lipinski definition) is 0. The fourth-order valence-corrected chi connectivity index (χ4v) is 4.01. The number of ether oxygens (including phenoxy) is 2. The highest BCUT2D eigenvalue weighted by Gasteiger charge is 2.31. The third-order valence-corrected chi connectivity index (χ3v) is 6.16. The summed E-state index contributed by atoms with van der Waals surface area (Å²) in [6.45, 7) is 6.47. The van der Waals surface area contributed by atoms with Gasteiger partial charge in [-0.3, -0.25) is 9.59 Å². The van der Waals surface area contributed by atoms with Gasteiger partial charge in [0, 0.05) is 5.41 Å². The van der Waals surface area contributed by atoms with Crippen molar-refractivity contribution in [1.29, 1.82) is 0 Å². The molecule has 0 N–H and O–H groups in total. The summed E-state index contributed by atoms with van der Waals surface area (Å²) in [4.78, 5) is 24.1. The quantitative estimate of drug-likeness (QED) is 0.516. The molecule has 0 aromatic heterocycles. The third-order valence-electron chi connectivity index (χ3n) is 6.16. The van der Waals surface area contributed by atoms with Crippen molar-refractivity contribution in [2.75, 3.05) is 7.11 Å². The predicted octanol–water partition coefficient (Wildman–Crippen LogP) is 5.21. The highest BCUT2D eigenvalue weighted by Crippen LogP contribution is 2.34. The average molecular weight is 395 g/mol. The fourth-order valence-electron chi connectivity index (χ4n) is 4.01. The van der Waals surface area contributed by atoms with Gasteiger partial charge in [-0.05, 0) is 55.9 Å². The number of hydrogen-bond acceptors (Lipinski definition) is 4. The Labute approximate surface area is 173 Å². The first-order valence-electron chi connectivity index (χ1n) is 10.3. The first kappa shape index (κ1) is 21.1. The first-order valence-corrected chi connectivity index (χ1v) is 10.3. The molecule has 29 heavy (non-hydrogen) atoms. The Balaban J connectivity index is 1.61. The molecular formula is C25H30O4. The second-order valence-electron chi connectivity index (χ2n) is 8.51. The molecule has 1 saturated carbocycles. The molecule has 0 spiro atoms. The maximum Gasteiger partial charge on any atom is 0.314 e. The van der Waals surface area contributed by atoms with Crippen molar-refractivity contribution in [3.05, 3.63) is 65.2 Å². The van der Waals surface area contributed by atoms with E-state index in [1.54, 1.807) is 0 Å². The summed E-state index contributed by atoms with van der Waals surface area (Å²) in [6.07, 6.45) is 2.68. The molecule has 1 aliphatic carbocycles. The number of methoxy groups -OCH3 is 1. The molecule has 0 bridgehead atoms. The molecule has 4 heteroatoms. The van der Waals surface area contributed by atoms with Gasteiger partial charge in [0.05, 0.1) is 18.9 Å². The summed E-state index contributed by atoms with van der Waals surface area (Å²) in [5.41, 5.74) is 3.52. The standard InChI is InChI=1S/C25H30O4/c1-17-5-11-20(12-6-17)25(2,3)21-13-15-22(16-14-21)29-24(27)19-9-7-18(8-10-19)23(26)28-4/h5-6,11-16,18-19H,7-10H2,1-4H3. The summed E-state index contributed by atoms with van der Waals surface area (Å²) in [5.74, 6) is -0.0667. The fraction of sp³-hybridized carbons (Fsp3) is 0.440. The van der Waals surface area contributed by atoms with Crippen LogP contribution in [0.1, 0.15) is 56.2 Å². The van der Waals surface area contributed by atoms with Crippen LogP contribution in [0.25, 0.3) is 0 Å². The minimum absolute atomic E-state index is 0.0904. The number of aryl methyl sites for hydroxylation is 1. The monoisotopic (exact) mass is 394 g/mol. The molecule has 0 heterocycles. The number of carbonyl (C=O) groups excluding carboxylic acids is 2. The van der Waals surface area contributed by atoms with Gasteiger partial charge in [0.2, 0.25) is 0 Å². The topological polar surface area (TPSA) is 52.6 Å². The molecule has 0 aliphatic heterocycles. The van der Waals surface area contributed by atoms with E-state index in [1.165, 1.54) is 23.8 Å². The Hall–Kier alpha value is -2.62. The van der Waals surface area contributed by atoms with Crippen molar-refractivity contribution in [2.24, 2.45) is 11.8 Å². The molecule has 0 amide bonds. The Morgan fingerprint density at radius 3 is 1.72 bits per heavy atom. The summed E-state index contributed by atoms with van der Waals surface area (Å²) < 4.78 is 10.4. The molecule has 1 aliphatic rings. The highest BCUT2D eigenvalue weighted by atomic mass is 16.5. The van der Waals surface area contributed by atoms with Crippen molar-refractivity contribution in [3.63, 3.8) is 0 Å². The van der Waals surface area contributed by atoms with Gasteiger partial charge in [0.1, 0.15) is 5.75 Å². The van der Waals surface area contributed by atoms with Crippen molar-refractivity contribution in [1.82, 2.24) is 0 Å². The van der Waals surface area contributed by atoms with Crippen LogP contribution in [0.2, 0.25) is 0 Å². The SMILES string of the molecule is COC(=O)C1CCC(C(=O)Oc2ccc(C(C)(C)c3ccc(C)cc3)cc2)CC1. The smallest absolute Gasteiger partial charge is 0.314 e. The zero-order valence-electron chi connectivity index (χ0n) is 17.7. The Bertz CT molecular complexity index is 841. The molecular weight excluding hydrogens is 364 g/mol. The lowest BCUT2D eigenvalue weighted by Gasteiger charge is -2.27. The van der Waals surface area contributed by atoms with Crippen LogP contribution in [0.15, 0.2) is 48.5 Å². The molecule has 4 nitrogen and oxygen atoms in total. The van der Waals surface area contributed by atoms with E-state index >= 15 is 0 Å². The second kappa shape index (κ2) is 8.81. The van der Waals surface area contributed by atoms with Crippen LogP contribution in [-0.2, 0) is 19.7 Å². The molecule has 3 rings (SSSR count). The van der Waals surface area contributed by atoms with Crippen LogP contribution < -0.4 is 4.74 Å². The molecule has 0 unspecified atom stereocenters. The number of rotatable bonds is 5. The lowest BCUT2D eigenvalue weighted by molar-refractivity contribution is -0.149. The van der Waals surface area contributed by atoms with Crippen LogP contribution in [0, 0.1) is 18.8 Å². The van der Waals surface area contributed by atoms with Crippen LogP contribution >= 0.6 is 0 Å². The zero-order chi connectivity index (χ0) is 21.0. The van der Waals surface area contributed by atoms with Gasteiger partial charge < -0.3 is 9.47 Å². The molecule has 2 aromatic rings. The highest BCUT2D eigenvalue weighted by molar-refractivity contribution is 5.76. The Morgan fingerprint density at radius 1 is 0.793 bits per heavy atom. The van der Waals surface area contributed by atoms with E-state index in [-0.39, 0.29) is 29.2 Å². The van der Waals surface area contributed by atoms with Crippen LogP contribution in [0.3, 0.4) is 0 Å². The van der Waals surface area contributed by atoms with Gasteiger partial charge in [-0.2, -0.15) is 0 Å². The van der Waals surface area contributed by atoms with Gasteiger partial charge in [0.15, 0.2) is 0 Å². The van der Waals surface area contributed by atoms with Crippen molar-refractivity contribution in [3.8, 4) is 5.75 Å². The third kappa shape index (κ3) is 4.87. The summed E-state index contributed by atoms with van der Waals surface area (Å²) >= 11 is 0. The molecule has 0 radical (unpaired) electrons. The first-order chi connectivity index (χ1) is 13.8. The zero-order valence-corrected chi connectivity index (χ0v) is 17.7. The van der Waals surface area contributed by atoms with Crippen molar-refractivity contribution in [2.45, 2.75) is 51.9 Å². The molecule has 154 valence electrons. The minimum Gasteiger partial charge on any atom is -0.469 e. The predicted molar refractivity (Wildman–Crippen MR) is 113 cm³/mol. The van der Waals surface area contributed by atoms with Crippen LogP contribution in [0.5, 0.6) is 5.75 Å². The normalized spacial score (nSPS) is 19.4. The summed E-state index contributed by atoms with van der Waals surface area (Å²) in [5, 5.41) is 0. The Kier molecular flexibility index (Phi) is 6.41. The number of esters is 2. The van der Waals surface area contributed by atoms with Crippen molar-refractivity contribution < 1.29 is 19.1 Å². The molecule has 0 atom stereocenters. The van der Waals surface area contributed by atoms with E-state index in [1.807, 2.05) is 24.3 Å². The molecule has 1 fully saturated rings. The van der Waals surface area contributed by atoms with Gasteiger partial charge in [-0.25, -0.2) is 0 Å². The van der Waals surface area contributed by atoms with E-state index in [4.69, 9.17) is 9.47 Å². The van der Waals surface area contributed by atoms with Gasteiger partial charge >= 0.3 is 11.9 Å². The van der Waals surface area contributed by atoms with E-state index in [0.717, 1.165) is 0 Å². The van der Waals surface area contributed by atoms with E-state index in [2.05, 4.69) is 45.0 Å². The van der Waals surface area contributed by atoms with Crippen molar-refractivity contribution >= 4 is 11.9 Å². The van der Waals surface area contributed by atoms with Gasteiger partial charge in [-0.1, -0.05) is 55.8 Å². The number of carbonyl (C=O) groups is 2. The van der Waals surface area contributed by atoms with Crippen LogP contribution in [0.4, 0.5) is 0 Å². The molecule has 0 saturated heterocycles. The maximum atomic E-state index is 12.5.